The number of aromatic nitrogens is 1. The van der Waals surface area contributed by atoms with E-state index in [-0.39, 0.29) is 18.5 Å². The second kappa shape index (κ2) is 9.87. The van der Waals surface area contributed by atoms with Gasteiger partial charge < -0.3 is 23.0 Å². The summed E-state index contributed by atoms with van der Waals surface area (Å²) in [6, 6.07) is 20.1. The number of hydrogen-bond donors (Lipinski definition) is 0. The van der Waals surface area contributed by atoms with Crippen molar-refractivity contribution in [2.45, 2.75) is 6.54 Å². The number of fused-ring (bicyclic) bond motifs is 1. The highest BCUT2D eigenvalue weighted by Gasteiger charge is 2.25. The van der Waals surface area contributed by atoms with E-state index in [0.717, 1.165) is 16.7 Å². The Bertz CT molecular complexity index is 1510. The normalized spacial score (nSPS) is 10.9. The lowest BCUT2D eigenvalue weighted by atomic mass is 10.1. The zero-order chi connectivity index (χ0) is 25.1. The van der Waals surface area contributed by atoms with Crippen LogP contribution in [0.1, 0.15) is 15.9 Å². The summed E-state index contributed by atoms with van der Waals surface area (Å²) >= 11 is 0. The standard InChI is InChI=1S/C28H24N2O6/c1-32-22-6-4-5-19(13-22)27(31)30(16-20-7-9-23(33-2)15-25(20)34-3)28-29-24-10-8-18(14-26(24)36-28)21-11-12-35-17-21/h4-15,17H,16H2,1-3H3. The summed E-state index contributed by atoms with van der Waals surface area (Å²) in [7, 11) is 4.72. The first-order valence-corrected chi connectivity index (χ1v) is 11.2. The molecule has 0 bridgehead atoms. The number of oxazole rings is 1. The van der Waals surface area contributed by atoms with Crippen LogP contribution in [0.25, 0.3) is 22.2 Å². The van der Waals surface area contributed by atoms with Crippen LogP contribution < -0.4 is 19.1 Å². The van der Waals surface area contributed by atoms with E-state index < -0.39 is 0 Å². The molecule has 0 saturated carbocycles. The molecule has 8 heteroatoms. The van der Waals surface area contributed by atoms with Crippen LogP contribution in [-0.2, 0) is 6.54 Å². The average Bonchev–Trinajstić information content (AvgIpc) is 3.61. The van der Waals surface area contributed by atoms with Crippen LogP contribution in [0.3, 0.4) is 0 Å². The van der Waals surface area contributed by atoms with Crippen molar-refractivity contribution in [1.29, 1.82) is 0 Å². The van der Waals surface area contributed by atoms with Crippen molar-refractivity contribution in [3.8, 4) is 28.4 Å². The average molecular weight is 485 g/mol. The summed E-state index contributed by atoms with van der Waals surface area (Å²) in [6.45, 7) is 0.157. The van der Waals surface area contributed by atoms with Gasteiger partial charge in [0.15, 0.2) is 5.58 Å². The maximum Gasteiger partial charge on any atom is 0.305 e. The first-order valence-electron chi connectivity index (χ1n) is 11.2. The number of anilines is 1. The molecule has 0 N–H and O–H groups in total. The monoisotopic (exact) mass is 484 g/mol. The molecule has 5 aromatic rings. The Hall–Kier alpha value is -4.72. The van der Waals surface area contributed by atoms with Gasteiger partial charge >= 0.3 is 6.01 Å². The van der Waals surface area contributed by atoms with Gasteiger partial charge in [-0.3, -0.25) is 9.69 Å². The van der Waals surface area contributed by atoms with Gasteiger partial charge in [-0.25, -0.2) is 0 Å². The number of rotatable bonds is 8. The Kier molecular flexibility index (Phi) is 6.32. The van der Waals surface area contributed by atoms with E-state index >= 15 is 0 Å². The molecule has 182 valence electrons. The van der Waals surface area contributed by atoms with Gasteiger partial charge in [0.2, 0.25) is 0 Å². The number of benzene rings is 3. The fourth-order valence-electron chi connectivity index (χ4n) is 3.93. The largest absolute Gasteiger partial charge is 0.497 e. The van der Waals surface area contributed by atoms with Gasteiger partial charge in [-0.15, -0.1) is 0 Å². The molecular weight excluding hydrogens is 460 g/mol. The summed E-state index contributed by atoms with van der Waals surface area (Å²) in [5, 5.41) is 0. The Morgan fingerprint density at radius 1 is 0.889 bits per heavy atom. The van der Waals surface area contributed by atoms with Gasteiger partial charge in [0.05, 0.1) is 40.4 Å². The maximum absolute atomic E-state index is 13.8. The SMILES string of the molecule is COc1cccc(C(=O)N(Cc2ccc(OC)cc2OC)c2nc3ccc(-c4ccoc4)cc3o2)c1. The van der Waals surface area contributed by atoms with Crippen molar-refractivity contribution in [2.75, 3.05) is 26.2 Å². The van der Waals surface area contributed by atoms with Crippen LogP contribution in [0.15, 0.2) is 88.1 Å². The predicted octanol–water partition coefficient (Wildman–Crippen LogP) is 5.96. The topological polar surface area (TPSA) is 87.2 Å². The third-order valence-electron chi connectivity index (χ3n) is 5.85. The van der Waals surface area contributed by atoms with Crippen LogP contribution in [0.2, 0.25) is 0 Å². The van der Waals surface area contributed by atoms with E-state index in [4.69, 9.17) is 23.0 Å². The first-order chi connectivity index (χ1) is 17.6. The minimum atomic E-state index is -0.298. The lowest BCUT2D eigenvalue weighted by Crippen LogP contribution is -2.31. The number of nitrogens with zero attached hydrogens (tertiary/aromatic N) is 2. The lowest BCUT2D eigenvalue weighted by molar-refractivity contribution is 0.0979. The van der Waals surface area contributed by atoms with Gasteiger partial charge in [0.25, 0.3) is 5.91 Å². The van der Waals surface area contributed by atoms with E-state index in [1.54, 1.807) is 64.2 Å². The third kappa shape index (κ3) is 4.48. The summed E-state index contributed by atoms with van der Waals surface area (Å²) < 4.78 is 27.5. The molecule has 0 atom stereocenters. The van der Waals surface area contributed by atoms with Crippen molar-refractivity contribution in [3.63, 3.8) is 0 Å². The van der Waals surface area contributed by atoms with Crippen LogP contribution >= 0.6 is 0 Å². The number of carbonyl (C=O) groups excluding carboxylic acids is 1. The van der Waals surface area contributed by atoms with Crippen LogP contribution in [0.5, 0.6) is 17.2 Å². The molecule has 0 unspecified atom stereocenters. The van der Waals surface area contributed by atoms with E-state index in [1.807, 2.05) is 36.4 Å². The highest BCUT2D eigenvalue weighted by Crippen LogP contribution is 2.32. The van der Waals surface area contributed by atoms with Crippen molar-refractivity contribution >= 4 is 23.0 Å². The summed E-state index contributed by atoms with van der Waals surface area (Å²) in [6.07, 6.45) is 3.27. The summed E-state index contributed by atoms with van der Waals surface area (Å²) in [5.41, 5.74) is 4.21. The Morgan fingerprint density at radius 2 is 1.72 bits per heavy atom. The molecule has 2 heterocycles. The molecule has 0 radical (unpaired) electrons. The van der Waals surface area contributed by atoms with Gasteiger partial charge in [0.1, 0.15) is 22.8 Å². The zero-order valence-corrected chi connectivity index (χ0v) is 20.1. The van der Waals surface area contributed by atoms with E-state index in [0.29, 0.717) is 33.9 Å². The lowest BCUT2D eigenvalue weighted by Gasteiger charge is -2.21. The first kappa shape index (κ1) is 23.0. The summed E-state index contributed by atoms with van der Waals surface area (Å²) in [5.74, 6) is 1.50. The Balaban J connectivity index is 1.58. The van der Waals surface area contributed by atoms with E-state index in [9.17, 15) is 4.79 Å². The predicted molar refractivity (Wildman–Crippen MR) is 135 cm³/mol. The molecule has 36 heavy (non-hydrogen) atoms. The second-order valence-electron chi connectivity index (χ2n) is 7.99. The zero-order valence-electron chi connectivity index (χ0n) is 20.1. The smallest absolute Gasteiger partial charge is 0.305 e. The van der Waals surface area contributed by atoms with E-state index in [2.05, 4.69) is 4.98 Å². The number of ether oxygens (including phenoxy) is 3. The molecule has 0 aliphatic carbocycles. The molecule has 0 spiro atoms. The Labute approximate surface area is 207 Å². The molecule has 1 amide bonds. The minimum absolute atomic E-state index is 0.157. The van der Waals surface area contributed by atoms with Gasteiger partial charge in [-0.05, 0) is 54.1 Å². The van der Waals surface area contributed by atoms with Crippen molar-refractivity contribution in [3.05, 3.63) is 90.4 Å². The molecule has 8 nitrogen and oxygen atoms in total. The second-order valence-corrected chi connectivity index (χ2v) is 7.99. The van der Waals surface area contributed by atoms with Gasteiger partial charge in [-0.1, -0.05) is 12.1 Å². The van der Waals surface area contributed by atoms with Gasteiger partial charge in [-0.2, -0.15) is 4.98 Å². The fourth-order valence-corrected chi connectivity index (χ4v) is 3.93. The highest BCUT2D eigenvalue weighted by atomic mass is 16.5. The van der Waals surface area contributed by atoms with Gasteiger partial charge in [0, 0.05) is 22.8 Å². The van der Waals surface area contributed by atoms with Crippen LogP contribution in [-0.4, -0.2) is 32.2 Å². The molecule has 3 aromatic carbocycles. The van der Waals surface area contributed by atoms with Crippen LogP contribution in [0.4, 0.5) is 6.01 Å². The molecule has 0 fully saturated rings. The van der Waals surface area contributed by atoms with Crippen LogP contribution in [0, 0.1) is 0 Å². The third-order valence-corrected chi connectivity index (χ3v) is 5.85. The molecule has 0 aliphatic heterocycles. The number of amides is 1. The van der Waals surface area contributed by atoms with Crippen molar-refractivity contribution < 1.29 is 27.8 Å². The molecule has 5 rings (SSSR count). The summed E-state index contributed by atoms with van der Waals surface area (Å²) in [4.78, 5) is 19.9. The molecule has 0 saturated heterocycles. The quantitative estimate of drug-likeness (QED) is 0.268. The van der Waals surface area contributed by atoms with Crippen molar-refractivity contribution in [1.82, 2.24) is 4.98 Å². The maximum atomic E-state index is 13.8. The fraction of sp³-hybridized carbons (Fsp3) is 0.143. The Morgan fingerprint density at radius 3 is 2.47 bits per heavy atom. The minimum Gasteiger partial charge on any atom is -0.497 e. The molecular formula is C28H24N2O6. The van der Waals surface area contributed by atoms with Crippen molar-refractivity contribution in [2.24, 2.45) is 0 Å². The molecule has 0 aliphatic rings. The molecule has 2 aromatic heterocycles. The number of furan rings is 1. The number of hydrogen-bond acceptors (Lipinski definition) is 7. The number of carbonyl (C=O) groups is 1. The van der Waals surface area contributed by atoms with E-state index in [1.165, 1.54) is 4.90 Å². The highest BCUT2D eigenvalue weighted by molar-refractivity contribution is 6.05. The number of methoxy groups -OCH3 is 3.